The molecule has 1 saturated carbocycles. The summed E-state index contributed by atoms with van der Waals surface area (Å²) >= 11 is 7.96. The van der Waals surface area contributed by atoms with Crippen molar-refractivity contribution >= 4 is 28.6 Å². The van der Waals surface area contributed by atoms with Crippen LogP contribution in [0.4, 0.5) is 0 Å². The maximum absolute atomic E-state index is 4.38. The van der Waals surface area contributed by atoms with Crippen LogP contribution in [0.1, 0.15) is 27.1 Å². The first kappa shape index (κ1) is 10.4. The molecule has 0 radical (unpaired) electrons. The van der Waals surface area contributed by atoms with E-state index in [1.54, 1.807) is 0 Å². The molecule has 1 rings (SSSR count). The minimum absolute atomic E-state index is 0. The third-order valence-corrected chi connectivity index (χ3v) is 3.06. The van der Waals surface area contributed by atoms with E-state index >= 15 is 0 Å². The fraction of sp³-hybridized carbons (Fsp3) is 1.00. The average Bonchev–Trinajstić information content (AvgIpc) is 1.77. The van der Waals surface area contributed by atoms with Crippen LogP contribution in [0.25, 0.3) is 0 Å². The van der Waals surface area contributed by atoms with E-state index < -0.39 is 0 Å². The first-order valence-electron chi connectivity index (χ1n) is 3.11. The fourth-order valence-electron chi connectivity index (χ4n) is 1.04. The molecule has 1 fully saturated rings. The van der Waals surface area contributed by atoms with Crippen molar-refractivity contribution in [3.05, 3.63) is 0 Å². The summed E-state index contributed by atoms with van der Waals surface area (Å²) in [6.45, 7) is 0. The zero-order valence-electron chi connectivity index (χ0n) is 6.81. The second-order valence-corrected chi connectivity index (χ2v) is 4.43. The van der Waals surface area contributed by atoms with Gasteiger partial charge in [0, 0.05) is 10.1 Å². The molecule has 3 heteroatoms. The topological polar surface area (TPSA) is 0 Å². The summed E-state index contributed by atoms with van der Waals surface area (Å²) in [5.41, 5.74) is 0. The Morgan fingerprint density at radius 2 is 1.67 bits per heavy atom. The molecule has 1 aliphatic rings. The van der Waals surface area contributed by atoms with E-state index in [4.69, 9.17) is 0 Å². The summed E-state index contributed by atoms with van der Waals surface area (Å²) in [5, 5.41) is 0.684. The van der Waals surface area contributed by atoms with Gasteiger partial charge in [0.25, 0.3) is 0 Å². The maximum Gasteiger partial charge on any atom is 1.00 e. The molecular formula is C6H12BrLiS. The van der Waals surface area contributed by atoms with Crippen molar-refractivity contribution in [1.82, 2.24) is 0 Å². The monoisotopic (exact) mass is 202 g/mol. The van der Waals surface area contributed by atoms with Crippen molar-refractivity contribution in [2.45, 2.75) is 35.8 Å². The van der Waals surface area contributed by atoms with Crippen molar-refractivity contribution < 1.29 is 20.3 Å². The number of thiol groups is 1. The summed E-state index contributed by atoms with van der Waals surface area (Å²) in [6.07, 6.45) is 5.21. The van der Waals surface area contributed by atoms with Crippen LogP contribution in [0.3, 0.4) is 0 Å². The minimum Gasteiger partial charge on any atom is -1.00 e. The van der Waals surface area contributed by atoms with Gasteiger partial charge in [0.2, 0.25) is 0 Å². The van der Waals surface area contributed by atoms with E-state index in [1.165, 1.54) is 25.7 Å². The minimum atomic E-state index is 0. The molecule has 0 bridgehead atoms. The van der Waals surface area contributed by atoms with E-state index in [2.05, 4.69) is 28.6 Å². The van der Waals surface area contributed by atoms with Crippen molar-refractivity contribution in [3.8, 4) is 0 Å². The normalized spacial score (nSPS) is 35.3. The molecule has 0 saturated heterocycles. The van der Waals surface area contributed by atoms with Crippen LogP contribution in [0.15, 0.2) is 0 Å². The summed E-state index contributed by atoms with van der Waals surface area (Å²) in [6, 6.07) is 0. The SMILES string of the molecule is SC1CCC(Br)CC1.[H-].[Li+]. The smallest absolute Gasteiger partial charge is 1.00 e. The predicted octanol–water partition coefficient (Wildman–Crippen LogP) is -0.261. The first-order valence-corrected chi connectivity index (χ1v) is 4.54. The molecule has 1 aliphatic carbocycles. The van der Waals surface area contributed by atoms with Gasteiger partial charge in [-0.3, -0.25) is 0 Å². The van der Waals surface area contributed by atoms with E-state index in [0.717, 1.165) is 4.83 Å². The molecule has 0 aromatic rings. The molecule has 0 N–H and O–H groups in total. The zero-order valence-corrected chi connectivity index (χ0v) is 8.29. The standard InChI is InChI=1S/C6H11BrS.Li.H/c7-5-1-3-6(8)4-2-5;;/h5-6,8H,1-4H2;;/q;+1;-1. The van der Waals surface area contributed by atoms with E-state index in [-0.39, 0.29) is 20.3 Å². The van der Waals surface area contributed by atoms with Gasteiger partial charge in [-0.05, 0) is 25.7 Å². The van der Waals surface area contributed by atoms with Gasteiger partial charge in [0.1, 0.15) is 0 Å². The molecule has 0 aromatic heterocycles. The van der Waals surface area contributed by atoms with Gasteiger partial charge in [0.15, 0.2) is 0 Å². The van der Waals surface area contributed by atoms with Crippen LogP contribution in [-0.4, -0.2) is 10.1 Å². The van der Waals surface area contributed by atoms with E-state index in [1.807, 2.05) is 0 Å². The molecule has 0 spiro atoms. The molecular weight excluding hydrogens is 191 g/mol. The quantitative estimate of drug-likeness (QED) is 0.313. The molecule has 0 amide bonds. The molecule has 0 unspecified atom stereocenters. The maximum atomic E-state index is 4.38. The summed E-state index contributed by atoms with van der Waals surface area (Å²) in [5.74, 6) is 0. The molecule has 0 heterocycles. The van der Waals surface area contributed by atoms with E-state index in [9.17, 15) is 0 Å². The summed E-state index contributed by atoms with van der Waals surface area (Å²) < 4.78 is 0. The third kappa shape index (κ3) is 3.98. The van der Waals surface area contributed by atoms with Gasteiger partial charge in [0.05, 0.1) is 0 Å². The Morgan fingerprint density at radius 1 is 1.22 bits per heavy atom. The Hall–Kier alpha value is 1.43. The second kappa shape index (κ2) is 5.13. The molecule has 0 nitrogen and oxygen atoms in total. The number of rotatable bonds is 0. The first-order chi connectivity index (χ1) is 3.79. The van der Waals surface area contributed by atoms with Gasteiger partial charge < -0.3 is 1.43 Å². The van der Waals surface area contributed by atoms with Crippen molar-refractivity contribution in [1.29, 1.82) is 0 Å². The third-order valence-electron chi connectivity index (χ3n) is 1.63. The Balaban J connectivity index is 0. The Labute approximate surface area is 84.4 Å². The van der Waals surface area contributed by atoms with Crippen molar-refractivity contribution in [3.63, 3.8) is 0 Å². The molecule has 0 aliphatic heterocycles. The van der Waals surface area contributed by atoms with Crippen molar-refractivity contribution in [2.24, 2.45) is 0 Å². The average molecular weight is 203 g/mol. The second-order valence-electron chi connectivity index (χ2n) is 2.41. The summed E-state index contributed by atoms with van der Waals surface area (Å²) in [7, 11) is 0. The number of halogens is 1. The van der Waals surface area contributed by atoms with Crippen LogP contribution >= 0.6 is 28.6 Å². The summed E-state index contributed by atoms with van der Waals surface area (Å²) in [4.78, 5) is 0.783. The van der Waals surface area contributed by atoms with Gasteiger partial charge >= 0.3 is 18.9 Å². The van der Waals surface area contributed by atoms with Crippen molar-refractivity contribution in [2.75, 3.05) is 0 Å². The fourth-order valence-corrected chi connectivity index (χ4v) is 1.86. The predicted molar refractivity (Wildman–Crippen MR) is 45.1 cm³/mol. The Kier molecular flexibility index (Phi) is 5.94. The van der Waals surface area contributed by atoms with Crippen LogP contribution in [-0.2, 0) is 0 Å². The number of hydrogen-bond acceptors (Lipinski definition) is 1. The molecule has 0 aromatic carbocycles. The van der Waals surface area contributed by atoms with Gasteiger partial charge in [-0.15, -0.1) is 0 Å². The van der Waals surface area contributed by atoms with Gasteiger partial charge in [-0.25, -0.2) is 0 Å². The van der Waals surface area contributed by atoms with Crippen LogP contribution < -0.4 is 18.9 Å². The van der Waals surface area contributed by atoms with Gasteiger partial charge in [-0.2, -0.15) is 12.6 Å². The van der Waals surface area contributed by atoms with Crippen LogP contribution in [0.5, 0.6) is 0 Å². The van der Waals surface area contributed by atoms with Crippen LogP contribution in [0.2, 0.25) is 0 Å². The van der Waals surface area contributed by atoms with Gasteiger partial charge in [-0.1, -0.05) is 15.9 Å². The Morgan fingerprint density at radius 3 is 2.00 bits per heavy atom. The van der Waals surface area contributed by atoms with Crippen LogP contribution in [0, 0.1) is 0 Å². The zero-order chi connectivity index (χ0) is 5.98. The molecule has 50 valence electrons. The molecule has 0 atom stereocenters. The number of alkyl halides is 1. The number of hydrogen-bond donors (Lipinski definition) is 1. The molecule has 9 heavy (non-hydrogen) atoms. The van der Waals surface area contributed by atoms with E-state index in [0.29, 0.717) is 5.25 Å². The largest absolute Gasteiger partial charge is 1.00 e. The Bertz CT molecular complexity index is 66.1.